The fourth-order valence-corrected chi connectivity index (χ4v) is 6.19. The van der Waals surface area contributed by atoms with Crippen LogP contribution in [0.5, 0.6) is 0 Å². The number of hydrogen-bond acceptors (Lipinski definition) is 3. The molecule has 4 heteroatoms. The molecule has 0 radical (unpaired) electrons. The smallest absolute Gasteiger partial charge is 0.238 e. The van der Waals surface area contributed by atoms with E-state index >= 15 is 0 Å². The summed E-state index contributed by atoms with van der Waals surface area (Å²) in [6, 6.07) is 0.246. The lowest BCUT2D eigenvalue weighted by atomic mass is 9.99. The fourth-order valence-electron chi connectivity index (χ4n) is 6.19. The first kappa shape index (κ1) is 42.4. The van der Waals surface area contributed by atoms with Crippen LogP contribution < -0.4 is 16.0 Å². The Bertz CT molecular complexity index is 717. The summed E-state index contributed by atoms with van der Waals surface area (Å²) in [6.07, 6.45) is 51.7. The van der Waals surface area contributed by atoms with Crippen LogP contribution in [0.25, 0.3) is 0 Å². The van der Waals surface area contributed by atoms with Gasteiger partial charge in [-0.2, -0.15) is 0 Å². The number of piperazine rings is 1. The van der Waals surface area contributed by atoms with E-state index in [0.29, 0.717) is 6.04 Å². The second kappa shape index (κ2) is 34.7. The van der Waals surface area contributed by atoms with E-state index in [4.69, 9.17) is 0 Å². The Labute approximate surface area is 287 Å². The first-order valence-electron chi connectivity index (χ1n) is 20.1. The maximum absolute atomic E-state index is 12.9. The van der Waals surface area contributed by atoms with E-state index < -0.39 is 0 Å². The molecule has 46 heavy (non-hydrogen) atoms. The lowest BCUT2D eigenvalue weighted by Gasteiger charge is -2.26. The van der Waals surface area contributed by atoms with Gasteiger partial charge in [0.05, 0.1) is 6.04 Å². The molecule has 0 aromatic heterocycles. The number of amides is 1. The van der Waals surface area contributed by atoms with Gasteiger partial charge in [-0.1, -0.05) is 152 Å². The summed E-state index contributed by atoms with van der Waals surface area (Å²) in [7, 11) is 0. The number of carbonyl (C=O) groups excluding carboxylic acids is 1. The van der Waals surface area contributed by atoms with Gasteiger partial charge >= 0.3 is 0 Å². The number of unbranched alkanes of at least 4 members (excludes halogenated alkanes) is 18. The van der Waals surface area contributed by atoms with Crippen LogP contribution in [0.15, 0.2) is 48.6 Å². The van der Waals surface area contributed by atoms with Crippen molar-refractivity contribution in [2.75, 3.05) is 19.6 Å². The van der Waals surface area contributed by atoms with E-state index in [1.165, 1.54) is 141 Å². The van der Waals surface area contributed by atoms with Crippen LogP contribution in [0.1, 0.15) is 181 Å². The van der Waals surface area contributed by atoms with Crippen molar-refractivity contribution in [3.05, 3.63) is 48.6 Å². The van der Waals surface area contributed by atoms with Gasteiger partial charge in [0.25, 0.3) is 0 Å². The summed E-state index contributed by atoms with van der Waals surface area (Å²) in [5, 5.41) is 10.2. The Morgan fingerprint density at radius 2 is 0.978 bits per heavy atom. The highest BCUT2D eigenvalue weighted by molar-refractivity contribution is 5.82. The van der Waals surface area contributed by atoms with Gasteiger partial charge in [-0.15, -0.1) is 0 Å². The molecule has 1 rings (SSSR count). The van der Waals surface area contributed by atoms with Gasteiger partial charge < -0.3 is 16.0 Å². The molecule has 0 aromatic carbocycles. The van der Waals surface area contributed by atoms with Crippen LogP contribution in [-0.2, 0) is 4.79 Å². The predicted molar refractivity (Wildman–Crippen MR) is 205 cm³/mol. The maximum atomic E-state index is 12.9. The quantitative estimate of drug-likeness (QED) is 0.0507. The lowest BCUT2D eigenvalue weighted by molar-refractivity contribution is -0.124. The lowest BCUT2D eigenvalue weighted by Crippen LogP contribution is -2.57. The molecule has 1 saturated heterocycles. The summed E-state index contributed by atoms with van der Waals surface area (Å²) in [5.74, 6) is 0.192. The van der Waals surface area contributed by atoms with Crippen molar-refractivity contribution in [2.45, 2.75) is 193 Å². The Morgan fingerprint density at radius 1 is 0.565 bits per heavy atom. The molecule has 266 valence electrons. The zero-order valence-corrected chi connectivity index (χ0v) is 30.7. The Balaban J connectivity index is 2.13. The van der Waals surface area contributed by atoms with Crippen molar-refractivity contribution >= 4 is 5.91 Å². The van der Waals surface area contributed by atoms with Crippen molar-refractivity contribution < 1.29 is 4.79 Å². The number of hydrogen-bond donors (Lipinski definition) is 3. The van der Waals surface area contributed by atoms with Crippen molar-refractivity contribution in [1.29, 1.82) is 0 Å². The van der Waals surface area contributed by atoms with Crippen molar-refractivity contribution in [1.82, 2.24) is 16.0 Å². The van der Waals surface area contributed by atoms with Crippen LogP contribution in [0, 0.1) is 0 Å². The zero-order chi connectivity index (χ0) is 33.0. The average Bonchev–Trinajstić information content (AvgIpc) is 3.08. The van der Waals surface area contributed by atoms with Crippen LogP contribution in [0.2, 0.25) is 0 Å². The van der Waals surface area contributed by atoms with Gasteiger partial charge in [-0.3, -0.25) is 4.79 Å². The summed E-state index contributed by atoms with van der Waals surface area (Å²) >= 11 is 0. The number of nitrogens with one attached hydrogen (secondary N) is 3. The second-order valence-electron chi connectivity index (χ2n) is 13.7. The van der Waals surface area contributed by atoms with Gasteiger partial charge in [0, 0.05) is 25.7 Å². The van der Waals surface area contributed by atoms with Crippen LogP contribution >= 0.6 is 0 Å². The monoisotopic (exact) mass is 640 g/mol. The van der Waals surface area contributed by atoms with Crippen molar-refractivity contribution in [2.24, 2.45) is 0 Å². The second-order valence-corrected chi connectivity index (χ2v) is 13.7. The molecule has 1 atom stereocenters. The van der Waals surface area contributed by atoms with E-state index in [1.807, 2.05) is 0 Å². The highest BCUT2D eigenvalue weighted by atomic mass is 16.2. The highest BCUT2D eigenvalue weighted by Gasteiger charge is 2.22. The first-order chi connectivity index (χ1) is 22.8. The normalized spacial score (nSPS) is 15.8. The van der Waals surface area contributed by atoms with Gasteiger partial charge in [0.2, 0.25) is 5.91 Å². The molecule has 1 amide bonds. The zero-order valence-electron chi connectivity index (χ0n) is 30.7. The molecule has 4 nitrogen and oxygen atoms in total. The molecule has 0 spiro atoms. The molecular formula is C42H77N3O. The predicted octanol–water partition coefficient (Wildman–Crippen LogP) is 11.4. The third kappa shape index (κ3) is 28.6. The third-order valence-electron chi connectivity index (χ3n) is 9.21. The maximum Gasteiger partial charge on any atom is 0.238 e. The van der Waals surface area contributed by atoms with E-state index in [9.17, 15) is 4.79 Å². The summed E-state index contributed by atoms with van der Waals surface area (Å²) in [6.45, 7) is 7.10. The fraction of sp³-hybridized carbons (Fsp3) is 0.786. The van der Waals surface area contributed by atoms with Crippen molar-refractivity contribution in [3.8, 4) is 0 Å². The highest BCUT2D eigenvalue weighted by Crippen LogP contribution is 2.16. The van der Waals surface area contributed by atoms with E-state index in [2.05, 4.69) is 78.4 Å². The minimum absolute atomic E-state index is 0.0806. The molecule has 0 aromatic rings. The summed E-state index contributed by atoms with van der Waals surface area (Å²) in [4.78, 5) is 12.9. The molecule has 1 fully saturated rings. The third-order valence-corrected chi connectivity index (χ3v) is 9.21. The van der Waals surface area contributed by atoms with E-state index in [-0.39, 0.29) is 11.9 Å². The molecule has 1 heterocycles. The van der Waals surface area contributed by atoms with Crippen LogP contribution in [0.3, 0.4) is 0 Å². The van der Waals surface area contributed by atoms with Gasteiger partial charge in [-0.05, 0) is 77.0 Å². The molecule has 1 unspecified atom stereocenters. The molecule has 0 bridgehead atoms. The summed E-state index contributed by atoms with van der Waals surface area (Å²) < 4.78 is 0. The minimum Gasteiger partial charge on any atom is -0.352 e. The minimum atomic E-state index is -0.0806. The van der Waals surface area contributed by atoms with Gasteiger partial charge in [0.1, 0.15) is 0 Å². The summed E-state index contributed by atoms with van der Waals surface area (Å²) in [5.41, 5.74) is 0. The first-order valence-corrected chi connectivity index (χ1v) is 20.1. The number of carbonyl (C=O) groups is 1. The van der Waals surface area contributed by atoms with Crippen LogP contribution in [0.4, 0.5) is 0 Å². The molecule has 0 aliphatic carbocycles. The number of allylic oxidation sites excluding steroid dienone is 8. The van der Waals surface area contributed by atoms with E-state index in [0.717, 1.165) is 45.3 Å². The topological polar surface area (TPSA) is 53.2 Å². The largest absolute Gasteiger partial charge is 0.352 e. The van der Waals surface area contributed by atoms with Crippen molar-refractivity contribution in [3.63, 3.8) is 0 Å². The van der Waals surface area contributed by atoms with Crippen LogP contribution in [-0.4, -0.2) is 37.6 Å². The molecule has 1 aliphatic rings. The molecule has 1 aliphatic heterocycles. The standard InChI is InChI=1S/C42H77N3O/c1-3-5-7-9-11-13-15-17-19-21-23-25-27-29-31-33-35-40(45-42(46)41-39-43-37-38-44-41)36-34-32-30-28-26-24-22-20-18-16-14-12-10-8-6-4-2/h11-14,17-20,40-41,43-44H,3-10,15-16,21-39H2,1-2H3,(H,45,46)/b13-11-,14-12-,19-17-,20-18-. The Kier molecular flexibility index (Phi) is 31.9. The number of rotatable bonds is 32. The average molecular weight is 640 g/mol. The Morgan fingerprint density at radius 3 is 1.39 bits per heavy atom. The SMILES string of the molecule is CCCCC/C=C\C/C=C\CCCCCCCCC(CCCCCCCC/C=C\C/C=C\CCCCC)NC(=O)C1CNCCN1. The molecule has 3 N–H and O–H groups in total. The van der Waals surface area contributed by atoms with E-state index in [1.54, 1.807) is 0 Å². The Hall–Kier alpha value is -1.65. The van der Waals surface area contributed by atoms with Gasteiger partial charge in [0.15, 0.2) is 0 Å². The molecular weight excluding hydrogens is 562 g/mol. The molecule has 0 saturated carbocycles. The van der Waals surface area contributed by atoms with Gasteiger partial charge in [-0.25, -0.2) is 0 Å².